The van der Waals surface area contributed by atoms with Gasteiger partial charge in [-0.15, -0.1) is 0 Å². The maximum Gasteiger partial charge on any atom is 0.161 e. The van der Waals surface area contributed by atoms with Gasteiger partial charge in [-0.1, -0.05) is 25.1 Å². The third kappa shape index (κ3) is 2.79. The minimum atomic E-state index is 0.160. The SMILES string of the molecule is CC(=O)c1cn(CCCN2C3CCC2CC(C)C3)c2ccccc12. The quantitative estimate of drug-likeness (QED) is 0.757. The first-order chi connectivity index (χ1) is 11.6. The molecule has 3 nitrogen and oxygen atoms in total. The number of carbonyl (C=O) groups excluding carboxylic acids is 1. The highest BCUT2D eigenvalue weighted by atomic mass is 16.1. The highest BCUT2D eigenvalue weighted by Crippen LogP contribution is 2.38. The van der Waals surface area contributed by atoms with Crippen LogP contribution in [0.15, 0.2) is 30.5 Å². The number of para-hydroxylation sites is 1. The Morgan fingerprint density at radius 3 is 2.54 bits per heavy atom. The number of ketones is 1. The molecule has 128 valence electrons. The second-order valence-electron chi connectivity index (χ2n) is 7.86. The maximum atomic E-state index is 11.9. The number of nitrogens with zero attached hydrogens (tertiary/aromatic N) is 2. The Kier molecular flexibility index (Phi) is 4.21. The van der Waals surface area contributed by atoms with Crippen molar-refractivity contribution >= 4 is 16.7 Å². The molecular formula is C21H28N2O. The molecule has 0 aliphatic carbocycles. The van der Waals surface area contributed by atoms with E-state index in [2.05, 4.69) is 40.8 Å². The molecule has 2 saturated heterocycles. The summed E-state index contributed by atoms with van der Waals surface area (Å²) in [7, 11) is 0. The molecule has 2 aliphatic rings. The van der Waals surface area contributed by atoms with Gasteiger partial charge < -0.3 is 4.57 Å². The van der Waals surface area contributed by atoms with Crippen molar-refractivity contribution in [1.82, 2.24) is 9.47 Å². The lowest BCUT2D eigenvalue weighted by atomic mass is 9.92. The van der Waals surface area contributed by atoms with E-state index in [-0.39, 0.29) is 5.78 Å². The van der Waals surface area contributed by atoms with E-state index in [0.29, 0.717) is 0 Å². The number of piperidine rings is 1. The fraction of sp³-hybridized carbons (Fsp3) is 0.571. The Bertz CT molecular complexity index is 733. The molecule has 0 N–H and O–H groups in total. The predicted molar refractivity (Wildman–Crippen MR) is 98.5 cm³/mol. The number of Topliss-reactive ketones (excluding diaryl/α,β-unsaturated/α-hetero) is 1. The minimum absolute atomic E-state index is 0.160. The van der Waals surface area contributed by atoms with Gasteiger partial charge in [-0.05, 0) is 51.0 Å². The largest absolute Gasteiger partial charge is 0.347 e. The number of fused-ring (bicyclic) bond motifs is 3. The van der Waals surface area contributed by atoms with Gasteiger partial charge in [0.05, 0.1) is 0 Å². The molecule has 24 heavy (non-hydrogen) atoms. The van der Waals surface area contributed by atoms with E-state index < -0.39 is 0 Å². The van der Waals surface area contributed by atoms with Crippen molar-refractivity contribution < 1.29 is 4.79 Å². The van der Waals surface area contributed by atoms with Crippen LogP contribution in [-0.4, -0.2) is 33.9 Å². The molecule has 3 heteroatoms. The monoisotopic (exact) mass is 324 g/mol. The summed E-state index contributed by atoms with van der Waals surface area (Å²) in [6.07, 6.45) is 8.79. The summed E-state index contributed by atoms with van der Waals surface area (Å²) >= 11 is 0. The smallest absolute Gasteiger partial charge is 0.161 e. The number of hydrogen-bond donors (Lipinski definition) is 0. The zero-order chi connectivity index (χ0) is 16.7. The Hall–Kier alpha value is -1.61. The summed E-state index contributed by atoms with van der Waals surface area (Å²) in [4.78, 5) is 14.7. The van der Waals surface area contributed by atoms with Crippen LogP contribution in [-0.2, 0) is 6.54 Å². The molecule has 2 atom stereocenters. The van der Waals surface area contributed by atoms with Crippen molar-refractivity contribution in [1.29, 1.82) is 0 Å². The molecule has 1 aromatic heterocycles. The van der Waals surface area contributed by atoms with Gasteiger partial charge in [0.2, 0.25) is 0 Å². The lowest BCUT2D eigenvalue weighted by Crippen LogP contribution is -2.42. The van der Waals surface area contributed by atoms with Crippen LogP contribution in [0.25, 0.3) is 10.9 Å². The van der Waals surface area contributed by atoms with E-state index in [1.54, 1.807) is 6.92 Å². The van der Waals surface area contributed by atoms with Gasteiger partial charge in [0, 0.05) is 47.8 Å². The number of benzene rings is 1. The molecule has 0 spiro atoms. The Morgan fingerprint density at radius 2 is 1.83 bits per heavy atom. The molecule has 0 saturated carbocycles. The predicted octanol–water partition coefficient (Wildman–Crippen LogP) is 4.50. The van der Waals surface area contributed by atoms with Gasteiger partial charge in [0.25, 0.3) is 0 Å². The molecular weight excluding hydrogens is 296 g/mol. The van der Waals surface area contributed by atoms with Crippen molar-refractivity contribution in [3.05, 3.63) is 36.0 Å². The van der Waals surface area contributed by atoms with Crippen molar-refractivity contribution in [3.63, 3.8) is 0 Å². The van der Waals surface area contributed by atoms with Crippen molar-refractivity contribution in [2.45, 2.75) is 64.6 Å². The molecule has 0 amide bonds. The van der Waals surface area contributed by atoms with E-state index in [4.69, 9.17) is 0 Å². The highest BCUT2D eigenvalue weighted by Gasteiger charge is 2.38. The molecule has 2 aromatic rings. The maximum absolute atomic E-state index is 11.9. The van der Waals surface area contributed by atoms with Crippen molar-refractivity contribution in [3.8, 4) is 0 Å². The van der Waals surface area contributed by atoms with Crippen LogP contribution < -0.4 is 0 Å². The number of carbonyl (C=O) groups is 1. The third-order valence-electron chi connectivity index (χ3n) is 6.10. The first-order valence-electron chi connectivity index (χ1n) is 9.48. The van der Waals surface area contributed by atoms with Crippen LogP contribution in [0.5, 0.6) is 0 Å². The summed E-state index contributed by atoms with van der Waals surface area (Å²) in [5.74, 6) is 1.07. The number of aromatic nitrogens is 1. The van der Waals surface area contributed by atoms with E-state index in [1.807, 2.05) is 6.07 Å². The summed E-state index contributed by atoms with van der Waals surface area (Å²) in [5.41, 5.74) is 2.05. The lowest BCUT2D eigenvalue weighted by Gasteiger charge is -2.37. The molecule has 2 unspecified atom stereocenters. The third-order valence-corrected chi connectivity index (χ3v) is 6.10. The van der Waals surface area contributed by atoms with Gasteiger partial charge in [0.15, 0.2) is 5.78 Å². The van der Waals surface area contributed by atoms with Gasteiger partial charge in [-0.3, -0.25) is 9.69 Å². The molecule has 4 rings (SSSR count). The fourth-order valence-electron chi connectivity index (χ4n) is 5.05. The Morgan fingerprint density at radius 1 is 1.12 bits per heavy atom. The van der Waals surface area contributed by atoms with E-state index in [0.717, 1.165) is 41.9 Å². The van der Waals surface area contributed by atoms with Gasteiger partial charge >= 0.3 is 0 Å². The van der Waals surface area contributed by atoms with Crippen LogP contribution in [0, 0.1) is 5.92 Å². The van der Waals surface area contributed by atoms with E-state index in [1.165, 1.54) is 37.7 Å². The van der Waals surface area contributed by atoms with Crippen LogP contribution in [0.1, 0.15) is 56.3 Å². The second kappa shape index (κ2) is 6.36. The summed E-state index contributed by atoms with van der Waals surface area (Å²) in [6, 6.07) is 9.93. The molecule has 0 radical (unpaired) electrons. The van der Waals surface area contributed by atoms with E-state index in [9.17, 15) is 4.79 Å². The summed E-state index contributed by atoms with van der Waals surface area (Å²) in [6.45, 7) is 6.28. The number of hydrogen-bond acceptors (Lipinski definition) is 2. The molecule has 3 heterocycles. The molecule has 2 aliphatic heterocycles. The Balaban J connectivity index is 1.45. The molecule has 2 fully saturated rings. The van der Waals surface area contributed by atoms with Crippen molar-refractivity contribution in [2.75, 3.05) is 6.54 Å². The minimum Gasteiger partial charge on any atom is -0.347 e. The van der Waals surface area contributed by atoms with Crippen LogP contribution >= 0.6 is 0 Å². The zero-order valence-electron chi connectivity index (χ0n) is 14.9. The first-order valence-corrected chi connectivity index (χ1v) is 9.48. The zero-order valence-corrected chi connectivity index (χ0v) is 14.9. The van der Waals surface area contributed by atoms with Crippen molar-refractivity contribution in [2.24, 2.45) is 5.92 Å². The van der Waals surface area contributed by atoms with Crippen LogP contribution in [0.3, 0.4) is 0 Å². The second-order valence-corrected chi connectivity index (χ2v) is 7.86. The molecule has 2 bridgehead atoms. The normalized spacial score (nSPS) is 27.0. The van der Waals surface area contributed by atoms with Gasteiger partial charge in [-0.25, -0.2) is 0 Å². The van der Waals surface area contributed by atoms with Crippen LogP contribution in [0.4, 0.5) is 0 Å². The summed E-state index contributed by atoms with van der Waals surface area (Å²) in [5, 5.41) is 1.09. The van der Waals surface area contributed by atoms with Gasteiger partial charge in [0.1, 0.15) is 0 Å². The van der Waals surface area contributed by atoms with Crippen LogP contribution in [0.2, 0.25) is 0 Å². The lowest BCUT2D eigenvalue weighted by molar-refractivity contribution is 0.101. The molecule has 1 aromatic carbocycles. The summed E-state index contributed by atoms with van der Waals surface area (Å²) < 4.78 is 2.28. The first kappa shape index (κ1) is 15.9. The number of aryl methyl sites for hydroxylation is 1. The Labute approximate surface area is 144 Å². The van der Waals surface area contributed by atoms with E-state index >= 15 is 0 Å². The fourth-order valence-corrected chi connectivity index (χ4v) is 5.05. The van der Waals surface area contributed by atoms with Gasteiger partial charge in [-0.2, -0.15) is 0 Å². The standard InChI is InChI=1S/C21H28N2O/c1-15-12-17-8-9-18(13-15)23(17)11-5-10-22-14-20(16(2)24)19-6-3-4-7-21(19)22/h3-4,6-7,14-15,17-18H,5,8-13H2,1-2H3. The average Bonchev–Trinajstić information content (AvgIpc) is 3.04. The highest BCUT2D eigenvalue weighted by molar-refractivity contribution is 6.06. The topological polar surface area (TPSA) is 25.2 Å². The number of rotatable bonds is 5. The average molecular weight is 324 g/mol.